The Morgan fingerprint density at radius 3 is 2.90 bits per heavy atom. The molecule has 0 spiro atoms. The van der Waals surface area contributed by atoms with Crippen LogP contribution in [-0.2, 0) is 14.8 Å². The van der Waals surface area contributed by atoms with Gasteiger partial charge in [-0.15, -0.1) is 0 Å². The minimum absolute atomic E-state index is 0.292. The van der Waals surface area contributed by atoms with Crippen LogP contribution < -0.4 is 4.72 Å². The zero-order valence-corrected chi connectivity index (χ0v) is 13.0. The number of benzene rings is 1. The van der Waals surface area contributed by atoms with E-state index < -0.39 is 16.0 Å². The molecule has 0 saturated heterocycles. The van der Waals surface area contributed by atoms with Crippen molar-refractivity contribution < 1.29 is 17.9 Å². The van der Waals surface area contributed by atoms with Crippen molar-refractivity contribution in [1.82, 2.24) is 4.98 Å². The van der Waals surface area contributed by atoms with Crippen molar-refractivity contribution in [1.29, 1.82) is 0 Å². The lowest BCUT2D eigenvalue weighted by molar-refractivity contribution is 0.0526. The highest BCUT2D eigenvalue weighted by molar-refractivity contribution is 7.93. The summed E-state index contributed by atoms with van der Waals surface area (Å²) in [6.45, 7) is 2.06. The van der Waals surface area contributed by atoms with E-state index in [-0.39, 0.29) is 5.25 Å². The van der Waals surface area contributed by atoms with E-state index in [2.05, 4.69) is 9.71 Å². The van der Waals surface area contributed by atoms with Gasteiger partial charge in [0, 0.05) is 0 Å². The van der Waals surface area contributed by atoms with Crippen LogP contribution in [0.5, 0.6) is 0 Å². The summed E-state index contributed by atoms with van der Waals surface area (Å²) in [4.78, 5) is 15.9. The summed E-state index contributed by atoms with van der Waals surface area (Å²) in [5, 5.41) is 0.0394. The van der Waals surface area contributed by atoms with E-state index >= 15 is 0 Å². The summed E-state index contributed by atoms with van der Waals surface area (Å²) in [6, 6.07) is 4.98. The predicted molar refractivity (Wildman–Crippen MR) is 81.1 cm³/mol. The molecule has 1 aromatic carbocycles. The zero-order chi connectivity index (χ0) is 15.0. The van der Waals surface area contributed by atoms with Gasteiger partial charge in [0.1, 0.15) is 0 Å². The van der Waals surface area contributed by atoms with Crippen molar-refractivity contribution >= 4 is 42.7 Å². The number of nitrogens with one attached hydrogen (secondary N) is 1. The van der Waals surface area contributed by atoms with E-state index in [4.69, 9.17) is 4.74 Å². The predicted octanol–water partition coefficient (Wildman–Crippen LogP) is 2.38. The first-order chi connectivity index (χ1) is 9.99. The Labute approximate surface area is 126 Å². The van der Waals surface area contributed by atoms with Gasteiger partial charge in [-0.3, -0.25) is 4.72 Å². The Balaban J connectivity index is 1.88. The molecule has 112 valence electrons. The summed E-state index contributed by atoms with van der Waals surface area (Å²) < 4.78 is 32.0. The molecule has 0 radical (unpaired) electrons. The van der Waals surface area contributed by atoms with Crippen molar-refractivity contribution in [2.24, 2.45) is 0 Å². The molecule has 0 bridgehead atoms. The van der Waals surface area contributed by atoms with Gasteiger partial charge in [0.25, 0.3) is 0 Å². The summed E-state index contributed by atoms with van der Waals surface area (Å²) in [5.41, 5.74) is 1.09. The summed E-state index contributed by atoms with van der Waals surface area (Å²) in [5.74, 6) is -0.395. The molecule has 1 heterocycles. The van der Waals surface area contributed by atoms with Crippen LogP contribution in [-0.4, -0.2) is 31.2 Å². The molecular weight excluding hydrogens is 312 g/mol. The number of fused-ring (bicyclic) bond motifs is 1. The van der Waals surface area contributed by atoms with E-state index in [1.165, 1.54) is 11.3 Å². The first-order valence-corrected chi connectivity index (χ1v) is 8.95. The number of carbonyl (C=O) groups excluding carboxylic acids is 1. The van der Waals surface area contributed by atoms with Crippen LogP contribution in [0.3, 0.4) is 0 Å². The lowest BCUT2D eigenvalue weighted by atomic mass is 10.2. The fraction of sp³-hybridized carbons (Fsp3) is 0.385. The monoisotopic (exact) mass is 326 g/mol. The first kappa shape index (κ1) is 14.3. The fourth-order valence-electron chi connectivity index (χ4n) is 1.89. The highest BCUT2D eigenvalue weighted by Gasteiger charge is 2.36. The van der Waals surface area contributed by atoms with Crippen LogP contribution in [0.25, 0.3) is 10.2 Å². The highest BCUT2D eigenvalue weighted by atomic mass is 32.2. The van der Waals surface area contributed by atoms with Gasteiger partial charge in [-0.25, -0.2) is 18.2 Å². The van der Waals surface area contributed by atoms with Gasteiger partial charge in [-0.1, -0.05) is 11.3 Å². The Kier molecular flexibility index (Phi) is 3.58. The van der Waals surface area contributed by atoms with Gasteiger partial charge in [0.15, 0.2) is 5.13 Å². The Bertz CT molecular complexity index is 794. The molecule has 1 fully saturated rings. The van der Waals surface area contributed by atoms with Gasteiger partial charge in [-0.2, -0.15) is 0 Å². The number of hydrogen-bond acceptors (Lipinski definition) is 6. The molecule has 3 rings (SSSR count). The number of ether oxygens (including phenoxy) is 1. The third-order valence-corrected chi connectivity index (χ3v) is 5.98. The van der Waals surface area contributed by atoms with Gasteiger partial charge >= 0.3 is 5.97 Å². The van der Waals surface area contributed by atoms with Crippen LogP contribution in [0.2, 0.25) is 0 Å². The minimum atomic E-state index is -3.32. The molecule has 0 unspecified atom stereocenters. The molecule has 6 nitrogen and oxygen atoms in total. The van der Waals surface area contributed by atoms with Gasteiger partial charge in [0.2, 0.25) is 10.0 Å². The second kappa shape index (κ2) is 5.27. The Hall–Kier alpha value is -1.67. The number of sulfonamides is 1. The fourth-order valence-corrected chi connectivity index (χ4v) is 4.38. The topological polar surface area (TPSA) is 85.4 Å². The van der Waals surface area contributed by atoms with Crippen molar-refractivity contribution in [3.05, 3.63) is 23.8 Å². The molecular formula is C13H14N2O4S2. The van der Waals surface area contributed by atoms with Crippen LogP contribution in [0.15, 0.2) is 18.2 Å². The quantitative estimate of drug-likeness (QED) is 0.853. The molecule has 0 aliphatic heterocycles. The zero-order valence-electron chi connectivity index (χ0n) is 11.3. The molecule has 8 heteroatoms. The van der Waals surface area contributed by atoms with E-state index in [0.29, 0.717) is 35.7 Å². The van der Waals surface area contributed by atoms with Crippen molar-refractivity contribution in [2.45, 2.75) is 25.0 Å². The standard InChI is InChI=1S/C13H14N2O4S2/c1-2-19-12(16)8-3-6-10-11(7-8)20-13(14-10)15-21(17,18)9-4-5-9/h3,6-7,9H,2,4-5H2,1H3,(H,14,15). The number of anilines is 1. The maximum atomic E-state index is 11.9. The average molecular weight is 326 g/mol. The molecule has 2 aromatic rings. The maximum absolute atomic E-state index is 11.9. The van der Waals surface area contributed by atoms with Crippen LogP contribution in [0.4, 0.5) is 5.13 Å². The van der Waals surface area contributed by atoms with Gasteiger partial charge in [0.05, 0.1) is 27.6 Å². The van der Waals surface area contributed by atoms with Crippen LogP contribution in [0.1, 0.15) is 30.1 Å². The lowest BCUT2D eigenvalue weighted by Gasteiger charge is -2.01. The SMILES string of the molecule is CCOC(=O)c1ccc2nc(NS(=O)(=O)C3CC3)sc2c1. The second-order valence-electron chi connectivity index (χ2n) is 4.77. The number of nitrogens with zero attached hydrogens (tertiary/aromatic N) is 1. The number of rotatable bonds is 5. The Morgan fingerprint density at radius 1 is 1.48 bits per heavy atom. The second-order valence-corrected chi connectivity index (χ2v) is 7.76. The van der Waals surface area contributed by atoms with Crippen molar-refractivity contribution in [2.75, 3.05) is 11.3 Å². The van der Waals surface area contributed by atoms with E-state index in [1.807, 2.05) is 0 Å². The van der Waals surface area contributed by atoms with Crippen molar-refractivity contribution in [3.63, 3.8) is 0 Å². The normalized spacial score (nSPS) is 15.1. The summed E-state index contributed by atoms with van der Waals surface area (Å²) in [7, 11) is -3.32. The minimum Gasteiger partial charge on any atom is -0.462 e. The van der Waals surface area contributed by atoms with E-state index in [9.17, 15) is 13.2 Å². The summed E-state index contributed by atoms with van der Waals surface area (Å²) in [6.07, 6.45) is 1.40. The van der Waals surface area contributed by atoms with Crippen molar-refractivity contribution in [3.8, 4) is 0 Å². The van der Waals surface area contributed by atoms with Crippen LogP contribution >= 0.6 is 11.3 Å². The molecule has 0 amide bonds. The van der Waals surface area contributed by atoms with E-state index in [0.717, 1.165) is 4.70 Å². The maximum Gasteiger partial charge on any atom is 0.338 e. The van der Waals surface area contributed by atoms with E-state index in [1.54, 1.807) is 25.1 Å². The number of carbonyl (C=O) groups is 1. The van der Waals surface area contributed by atoms with Gasteiger partial charge < -0.3 is 4.74 Å². The molecule has 21 heavy (non-hydrogen) atoms. The number of hydrogen-bond donors (Lipinski definition) is 1. The summed E-state index contributed by atoms with van der Waals surface area (Å²) >= 11 is 1.21. The first-order valence-electron chi connectivity index (χ1n) is 6.59. The highest BCUT2D eigenvalue weighted by Crippen LogP contribution is 2.32. The molecule has 1 N–H and O–H groups in total. The average Bonchev–Trinajstić information content (AvgIpc) is 3.20. The van der Waals surface area contributed by atoms with Crippen LogP contribution in [0, 0.1) is 0 Å². The molecule has 0 atom stereocenters. The number of esters is 1. The number of aromatic nitrogens is 1. The van der Waals surface area contributed by atoms with Gasteiger partial charge in [-0.05, 0) is 38.0 Å². The smallest absolute Gasteiger partial charge is 0.338 e. The third kappa shape index (κ3) is 3.01. The molecule has 1 aliphatic carbocycles. The lowest BCUT2D eigenvalue weighted by Crippen LogP contribution is -2.16. The number of thiazole rings is 1. The molecule has 1 saturated carbocycles. The third-order valence-electron chi connectivity index (χ3n) is 3.09. The largest absolute Gasteiger partial charge is 0.462 e. The molecule has 1 aromatic heterocycles. The molecule has 1 aliphatic rings. The Morgan fingerprint density at radius 2 is 2.24 bits per heavy atom.